The predicted molar refractivity (Wildman–Crippen MR) is 124 cm³/mol. The Morgan fingerprint density at radius 2 is 1.82 bits per heavy atom. The third-order valence-corrected chi connectivity index (χ3v) is 5.48. The highest BCUT2D eigenvalue weighted by Gasteiger charge is 2.30. The Bertz CT molecular complexity index is 1320. The summed E-state index contributed by atoms with van der Waals surface area (Å²) in [6, 6.07) is 10.1. The van der Waals surface area contributed by atoms with E-state index in [0.29, 0.717) is 34.0 Å². The van der Waals surface area contributed by atoms with Crippen LogP contribution in [0.1, 0.15) is 32.5 Å². The highest BCUT2D eigenvalue weighted by molar-refractivity contribution is 6.31. The monoisotopic (exact) mass is 465 g/mol. The van der Waals surface area contributed by atoms with E-state index < -0.39 is 11.4 Å². The summed E-state index contributed by atoms with van der Waals surface area (Å²) in [5, 5.41) is 3.68. The number of halogens is 2. The van der Waals surface area contributed by atoms with E-state index in [2.05, 4.69) is 25.3 Å². The van der Waals surface area contributed by atoms with E-state index in [1.165, 1.54) is 12.4 Å². The maximum absolute atomic E-state index is 14.5. The minimum absolute atomic E-state index is 0.0205. The zero-order valence-corrected chi connectivity index (χ0v) is 18.8. The summed E-state index contributed by atoms with van der Waals surface area (Å²) in [4.78, 5) is 17.4. The standard InChI is InChI=1S/C24H21ClFN5O2/c1-24(2,23-27-9-4-10-28-23)33-20-11-15-18(12-19(20)32-14-7-8-14)29-13-30-22(15)31-17-6-3-5-16(25)21(17)26/h3-6,9-14H,7-8H2,1-2H3,(H,29,30,31). The molecule has 2 heterocycles. The third-order valence-electron chi connectivity index (χ3n) is 5.19. The Morgan fingerprint density at radius 1 is 1.03 bits per heavy atom. The molecule has 2 aromatic heterocycles. The van der Waals surface area contributed by atoms with Gasteiger partial charge in [-0.3, -0.25) is 0 Å². The Hall–Kier alpha value is -3.52. The summed E-state index contributed by atoms with van der Waals surface area (Å²) >= 11 is 5.93. The maximum Gasteiger partial charge on any atom is 0.171 e. The summed E-state index contributed by atoms with van der Waals surface area (Å²) in [5.74, 6) is 1.46. The van der Waals surface area contributed by atoms with Crippen molar-refractivity contribution in [2.45, 2.75) is 38.4 Å². The molecule has 9 heteroatoms. The Morgan fingerprint density at radius 3 is 2.58 bits per heavy atom. The van der Waals surface area contributed by atoms with E-state index in [4.69, 9.17) is 21.1 Å². The second-order valence-electron chi connectivity index (χ2n) is 8.27. The lowest BCUT2D eigenvalue weighted by atomic mass is 10.1. The zero-order valence-electron chi connectivity index (χ0n) is 18.0. The van der Waals surface area contributed by atoms with Gasteiger partial charge in [0, 0.05) is 23.8 Å². The van der Waals surface area contributed by atoms with Crippen LogP contribution in [0.3, 0.4) is 0 Å². The number of hydrogen-bond acceptors (Lipinski definition) is 7. The number of fused-ring (bicyclic) bond motifs is 1. The fourth-order valence-electron chi connectivity index (χ4n) is 3.36. The molecule has 33 heavy (non-hydrogen) atoms. The molecular weight excluding hydrogens is 445 g/mol. The van der Waals surface area contributed by atoms with Crippen LogP contribution in [-0.4, -0.2) is 26.0 Å². The van der Waals surface area contributed by atoms with Gasteiger partial charge in [0.25, 0.3) is 0 Å². The molecule has 0 saturated heterocycles. The first kappa shape index (κ1) is 21.3. The van der Waals surface area contributed by atoms with Crippen molar-refractivity contribution in [3.63, 3.8) is 0 Å². The van der Waals surface area contributed by atoms with Gasteiger partial charge in [0.1, 0.15) is 12.1 Å². The number of hydrogen-bond donors (Lipinski definition) is 1. The van der Waals surface area contributed by atoms with E-state index >= 15 is 0 Å². The quantitative estimate of drug-likeness (QED) is 0.368. The van der Waals surface area contributed by atoms with E-state index in [9.17, 15) is 4.39 Å². The van der Waals surface area contributed by atoms with Crippen LogP contribution in [0.2, 0.25) is 5.02 Å². The van der Waals surface area contributed by atoms with Crippen LogP contribution in [0, 0.1) is 5.82 Å². The SMILES string of the molecule is CC(C)(Oc1cc2c(Nc3cccc(Cl)c3F)ncnc2cc1OC1CC1)c1ncccn1. The van der Waals surface area contributed by atoms with Gasteiger partial charge in [0.2, 0.25) is 0 Å². The van der Waals surface area contributed by atoms with Crippen LogP contribution >= 0.6 is 11.6 Å². The van der Waals surface area contributed by atoms with Gasteiger partial charge in [0.15, 0.2) is 28.7 Å². The van der Waals surface area contributed by atoms with Crippen molar-refractivity contribution in [1.29, 1.82) is 0 Å². The third kappa shape index (κ3) is 4.52. The van der Waals surface area contributed by atoms with Crippen molar-refractivity contribution in [2.75, 3.05) is 5.32 Å². The molecule has 0 amide bonds. The lowest BCUT2D eigenvalue weighted by molar-refractivity contribution is 0.0923. The minimum atomic E-state index is -0.834. The topological polar surface area (TPSA) is 82.0 Å². The van der Waals surface area contributed by atoms with Gasteiger partial charge in [-0.05, 0) is 51.0 Å². The molecule has 1 N–H and O–H groups in total. The van der Waals surface area contributed by atoms with Crippen molar-refractivity contribution >= 4 is 34.0 Å². The van der Waals surface area contributed by atoms with Gasteiger partial charge in [0.05, 0.1) is 22.3 Å². The molecule has 4 aromatic rings. The first-order valence-corrected chi connectivity index (χ1v) is 10.9. The second-order valence-corrected chi connectivity index (χ2v) is 8.67. The van der Waals surface area contributed by atoms with Crippen molar-refractivity contribution in [3.8, 4) is 11.5 Å². The lowest BCUT2D eigenvalue weighted by Gasteiger charge is -2.26. The molecule has 0 unspecified atom stereocenters. The van der Waals surface area contributed by atoms with E-state index in [1.807, 2.05) is 19.9 Å². The van der Waals surface area contributed by atoms with Gasteiger partial charge in [-0.25, -0.2) is 24.3 Å². The molecule has 168 valence electrons. The molecule has 7 nitrogen and oxygen atoms in total. The van der Waals surface area contributed by atoms with Gasteiger partial charge >= 0.3 is 0 Å². The number of benzene rings is 2. The number of ether oxygens (including phenoxy) is 2. The molecule has 1 saturated carbocycles. The lowest BCUT2D eigenvalue weighted by Crippen LogP contribution is -2.28. The summed E-state index contributed by atoms with van der Waals surface area (Å²) in [6.45, 7) is 3.77. The molecule has 2 aromatic carbocycles. The van der Waals surface area contributed by atoms with Gasteiger partial charge in [-0.15, -0.1) is 0 Å². The molecule has 5 rings (SSSR count). The average molecular weight is 466 g/mol. The van der Waals surface area contributed by atoms with Gasteiger partial charge < -0.3 is 14.8 Å². The second kappa shape index (κ2) is 8.44. The van der Waals surface area contributed by atoms with Gasteiger partial charge in [-0.1, -0.05) is 17.7 Å². The number of rotatable bonds is 7. The van der Waals surface area contributed by atoms with Crippen LogP contribution < -0.4 is 14.8 Å². The Balaban J connectivity index is 1.58. The van der Waals surface area contributed by atoms with E-state index in [1.54, 1.807) is 36.7 Å². The van der Waals surface area contributed by atoms with Crippen LogP contribution in [0.5, 0.6) is 11.5 Å². The molecular formula is C24H21ClFN5O2. The fourth-order valence-corrected chi connectivity index (χ4v) is 3.53. The summed E-state index contributed by atoms with van der Waals surface area (Å²) in [6.07, 6.45) is 6.90. The summed E-state index contributed by atoms with van der Waals surface area (Å²) < 4.78 is 27.0. The molecule has 1 aliphatic carbocycles. The molecule has 0 atom stereocenters. The van der Waals surface area contributed by atoms with Crippen molar-refractivity contribution in [1.82, 2.24) is 19.9 Å². The number of aromatic nitrogens is 4. The zero-order chi connectivity index (χ0) is 23.0. The van der Waals surface area contributed by atoms with E-state index in [-0.39, 0.29) is 16.8 Å². The number of anilines is 2. The van der Waals surface area contributed by atoms with Gasteiger partial charge in [-0.2, -0.15) is 0 Å². The highest BCUT2D eigenvalue weighted by atomic mass is 35.5. The molecule has 1 fully saturated rings. The van der Waals surface area contributed by atoms with Crippen LogP contribution in [0.15, 0.2) is 55.1 Å². The van der Waals surface area contributed by atoms with E-state index in [0.717, 1.165) is 12.8 Å². The molecule has 0 aliphatic heterocycles. The molecule has 1 aliphatic rings. The highest BCUT2D eigenvalue weighted by Crippen LogP contribution is 2.41. The first-order chi connectivity index (χ1) is 15.9. The fraction of sp³-hybridized carbons (Fsp3) is 0.250. The smallest absolute Gasteiger partial charge is 0.171 e. The maximum atomic E-state index is 14.5. The minimum Gasteiger partial charge on any atom is -0.486 e. The van der Waals surface area contributed by atoms with Crippen molar-refractivity contribution < 1.29 is 13.9 Å². The Kier molecular flexibility index (Phi) is 5.46. The van der Waals surface area contributed by atoms with Crippen LogP contribution in [0.25, 0.3) is 10.9 Å². The molecule has 0 spiro atoms. The van der Waals surface area contributed by atoms with Crippen molar-refractivity contribution in [2.24, 2.45) is 0 Å². The largest absolute Gasteiger partial charge is 0.486 e. The predicted octanol–water partition coefficient (Wildman–Crippen LogP) is 5.81. The number of nitrogens with one attached hydrogen (secondary N) is 1. The normalized spacial score (nSPS) is 13.7. The van der Waals surface area contributed by atoms with Crippen LogP contribution in [-0.2, 0) is 5.60 Å². The first-order valence-electron chi connectivity index (χ1n) is 10.5. The average Bonchev–Trinajstić information content (AvgIpc) is 3.62. The number of nitrogens with zero attached hydrogens (tertiary/aromatic N) is 4. The summed E-state index contributed by atoms with van der Waals surface area (Å²) in [7, 11) is 0. The molecule has 0 radical (unpaired) electrons. The van der Waals surface area contributed by atoms with Crippen molar-refractivity contribution in [3.05, 3.63) is 71.8 Å². The summed E-state index contributed by atoms with van der Waals surface area (Å²) in [5.41, 5.74) is 0.00630. The Labute approximate surface area is 195 Å². The molecule has 0 bridgehead atoms. The van der Waals surface area contributed by atoms with Crippen LogP contribution in [0.4, 0.5) is 15.9 Å².